The van der Waals surface area contributed by atoms with Crippen LogP contribution in [0, 0.1) is 4.91 Å². The van der Waals surface area contributed by atoms with Crippen molar-refractivity contribution in [3.63, 3.8) is 0 Å². The number of nitrogens with zero attached hydrogens (tertiary/aromatic N) is 3. The Hall–Kier alpha value is -2.69. The zero-order valence-corrected chi connectivity index (χ0v) is 12.0. The molecule has 2 atom stereocenters. The molecule has 112 valence electrons. The first-order valence-electron chi connectivity index (χ1n) is 7.24. The molecule has 0 unspecified atom stereocenters. The van der Waals surface area contributed by atoms with E-state index in [2.05, 4.69) is 10.4 Å². The van der Waals surface area contributed by atoms with E-state index in [-0.39, 0.29) is 12.1 Å². The molecule has 2 aromatic rings. The van der Waals surface area contributed by atoms with Crippen LogP contribution in [0.3, 0.4) is 0 Å². The first-order chi connectivity index (χ1) is 10.8. The molecule has 0 saturated carbocycles. The molecule has 1 fully saturated rings. The molecule has 0 aliphatic carbocycles. The molecule has 0 bridgehead atoms. The zero-order valence-electron chi connectivity index (χ0n) is 12.0. The molecule has 1 saturated heterocycles. The average molecular weight is 295 g/mol. The highest BCUT2D eigenvalue weighted by atomic mass is 16.4. The predicted molar refractivity (Wildman–Crippen MR) is 84.5 cm³/mol. The molecule has 0 spiro atoms. The van der Waals surface area contributed by atoms with Gasteiger partial charge in [-0.15, -0.1) is 4.91 Å². The third-order valence-corrected chi connectivity index (χ3v) is 4.10. The fourth-order valence-electron chi connectivity index (χ4n) is 3.02. The molecule has 2 aromatic carbocycles. The lowest BCUT2D eigenvalue weighted by Crippen LogP contribution is -2.36. The minimum absolute atomic E-state index is 0.219. The Morgan fingerprint density at radius 3 is 1.68 bits per heavy atom. The fourth-order valence-corrected chi connectivity index (χ4v) is 3.02. The summed E-state index contributed by atoms with van der Waals surface area (Å²) < 4.78 is 0. The Morgan fingerprint density at radius 1 is 0.864 bits per heavy atom. The van der Waals surface area contributed by atoms with E-state index in [0.717, 1.165) is 11.1 Å². The van der Waals surface area contributed by atoms with E-state index in [1.165, 1.54) is 0 Å². The van der Waals surface area contributed by atoms with Crippen LogP contribution in [-0.4, -0.2) is 15.9 Å². The van der Waals surface area contributed by atoms with Crippen LogP contribution in [0.25, 0.3) is 0 Å². The quantitative estimate of drug-likeness (QED) is 0.527. The normalized spacial score (nSPS) is 21.5. The van der Waals surface area contributed by atoms with Crippen molar-refractivity contribution in [3.05, 3.63) is 76.7 Å². The van der Waals surface area contributed by atoms with Gasteiger partial charge in [0, 0.05) is 12.8 Å². The molecule has 5 nitrogen and oxygen atoms in total. The maximum Gasteiger partial charge on any atom is 0.0812 e. The van der Waals surface area contributed by atoms with Gasteiger partial charge in [-0.3, -0.25) is 0 Å². The highest BCUT2D eigenvalue weighted by Crippen LogP contribution is 2.40. The molecule has 0 amide bonds. The first kappa shape index (κ1) is 14.3. The Labute approximate surface area is 128 Å². The third kappa shape index (κ3) is 2.70. The summed E-state index contributed by atoms with van der Waals surface area (Å²) in [6.07, 6.45) is 0.991. The SMILES string of the molecule is O=NN1[C@H](c2ccccc2)CC(=NO)C[C@H]1c1ccccc1. The highest BCUT2D eigenvalue weighted by Gasteiger charge is 2.36. The maximum absolute atomic E-state index is 11.5. The summed E-state index contributed by atoms with van der Waals surface area (Å²) in [5.41, 5.74) is 2.66. The van der Waals surface area contributed by atoms with Crippen molar-refractivity contribution in [1.29, 1.82) is 0 Å². The summed E-state index contributed by atoms with van der Waals surface area (Å²) in [5.74, 6) is 0. The average Bonchev–Trinajstić information content (AvgIpc) is 2.62. The molecule has 0 aromatic heterocycles. The molecular formula is C17H17N3O2. The number of oxime groups is 1. The lowest BCUT2D eigenvalue weighted by molar-refractivity contribution is 0.124. The number of hydrogen-bond donors (Lipinski definition) is 1. The van der Waals surface area contributed by atoms with Gasteiger partial charge in [0.1, 0.15) is 0 Å². The minimum atomic E-state index is -0.219. The molecule has 0 radical (unpaired) electrons. The zero-order chi connectivity index (χ0) is 15.4. The van der Waals surface area contributed by atoms with Gasteiger partial charge in [-0.2, -0.15) is 0 Å². The van der Waals surface area contributed by atoms with Gasteiger partial charge in [0.15, 0.2) is 0 Å². The summed E-state index contributed by atoms with van der Waals surface area (Å²) in [6.45, 7) is 0. The topological polar surface area (TPSA) is 65.3 Å². The molecule has 22 heavy (non-hydrogen) atoms. The van der Waals surface area contributed by atoms with Crippen molar-refractivity contribution in [3.8, 4) is 0 Å². The second-order valence-electron chi connectivity index (χ2n) is 5.39. The summed E-state index contributed by atoms with van der Waals surface area (Å²) in [4.78, 5) is 11.5. The van der Waals surface area contributed by atoms with Crippen molar-refractivity contribution < 1.29 is 5.21 Å². The van der Waals surface area contributed by atoms with Crippen LogP contribution in [0.4, 0.5) is 0 Å². The van der Waals surface area contributed by atoms with Crippen LogP contribution in [-0.2, 0) is 0 Å². The summed E-state index contributed by atoms with van der Waals surface area (Å²) in [6, 6.07) is 19.0. The van der Waals surface area contributed by atoms with Gasteiger partial charge in [0.25, 0.3) is 0 Å². The van der Waals surface area contributed by atoms with Gasteiger partial charge < -0.3 is 5.21 Å². The number of piperidine rings is 1. The first-order valence-corrected chi connectivity index (χ1v) is 7.24. The maximum atomic E-state index is 11.5. The van der Waals surface area contributed by atoms with Crippen LogP contribution in [0.1, 0.15) is 36.1 Å². The fraction of sp³-hybridized carbons (Fsp3) is 0.235. The second kappa shape index (κ2) is 6.39. The van der Waals surface area contributed by atoms with Crippen molar-refractivity contribution >= 4 is 5.71 Å². The van der Waals surface area contributed by atoms with Crippen LogP contribution in [0.5, 0.6) is 0 Å². The van der Waals surface area contributed by atoms with Crippen molar-refractivity contribution in [2.45, 2.75) is 24.9 Å². The van der Waals surface area contributed by atoms with E-state index >= 15 is 0 Å². The number of rotatable bonds is 3. The van der Waals surface area contributed by atoms with Gasteiger partial charge in [0.05, 0.1) is 23.1 Å². The number of benzene rings is 2. The van der Waals surface area contributed by atoms with E-state index < -0.39 is 0 Å². The van der Waals surface area contributed by atoms with E-state index in [1.54, 1.807) is 5.01 Å². The van der Waals surface area contributed by atoms with Crippen LogP contribution in [0.2, 0.25) is 0 Å². The standard InChI is InChI=1S/C17H17N3O2/c21-18-15-11-16(13-7-3-1-4-8-13)20(19-22)17(12-15)14-9-5-2-6-10-14/h1-10,16-17,21H,11-12H2/t16-,17-/m0/s1. The van der Waals surface area contributed by atoms with E-state index in [0.29, 0.717) is 18.6 Å². The van der Waals surface area contributed by atoms with Crippen LogP contribution in [0.15, 0.2) is 71.1 Å². The number of hydrogen-bond acceptors (Lipinski definition) is 4. The second-order valence-corrected chi connectivity index (χ2v) is 5.39. The van der Waals surface area contributed by atoms with Crippen LogP contribution < -0.4 is 0 Å². The largest absolute Gasteiger partial charge is 0.411 e. The Bertz CT molecular complexity index is 607. The molecule has 1 heterocycles. The lowest BCUT2D eigenvalue weighted by Gasteiger charge is -2.38. The lowest BCUT2D eigenvalue weighted by atomic mass is 9.88. The van der Waals surface area contributed by atoms with Gasteiger partial charge >= 0.3 is 0 Å². The van der Waals surface area contributed by atoms with Crippen molar-refractivity contribution in [2.75, 3.05) is 0 Å². The molecule has 5 heteroatoms. The van der Waals surface area contributed by atoms with Gasteiger partial charge in [-0.1, -0.05) is 65.8 Å². The Balaban J connectivity index is 2.01. The van der Waals surface area contributed by atoms with Gasteiger partial charge in [-0.05, 0) is 11.1 Å². The number of nitroso groups, excluding NO2 is 1. The van der Waals surface area contributed by atoms with E-state index in [4.69, 9.17) is 0 Å². The summed E-state index contributed by atoms with van der Waals surface area (Å²) in [7, 11) is 0. The predicted octanol–water partition coefficient (Wildman–Crippen LogP) is 4.08. The summed E-state index contributed by atoms with van der Waals surface area (Å²) >= 11 is 0. The molecule has 1 aliphatic heterocycles. The monoisotopic (exact) mass is 295 g/mol. The van der Waals surface area contributed by atoms with Crippen molar-refractivity contribution in [1.82, 2.24) is 5.01 Å². The van der Waals surface area contributed by atoms with E-state index in [1.807, 2.05) is 60.7 Å². The Morgan fingerprint density at radius 2 is 1.32 bits per heavy atom. The van der Waals surface area contributed by atoms with Gasteiger partial charge in [0.2, 0.25) is 0 Å². The minimum Gasteiger partial charge on any atom is -0.411 e. The Kier molecular flexibility index (Phi) is 4.14. The van der Waals surface area contributed by atoms with Crippen molar-refractivity contribution in [2.24, 2.45) is 10.4 Å². The van der Waals surface area contributed by atoms with Gasteiger partial charge in [-0.25, -0.2) is 5.01 Å². The molecule has 3 rings (SSSR count). The smallest absolute Gasteiger partial charge is 0.0812 e. The molecular weight excluding hydrogens is 278 g/mol. The molecule has 1 aliphatic rings. The molecule has 1 N–H and O–H groups in total. The van der Waals surface area contributed by atoms with Crippen LogP contribution >= 0.6 is 0 Å². The third-order valence-electron chi connectivity index (χ3n) is 4.10. The summed E-state index contributed by atoms with van der Waals surface area (Å²) in [5, 5.41) is 17.5. The highest BCUT2D eigenvalue weighted by molar-refractivity contribution is 5.86. The van der Waals surface area contributed by atoms with E-state index in [9.17, 15) is 10.1 Å².